The third-order valence-electron chi connectivity index (χ3n) is 3.85. The fraction of sp³-hybridized carbons (Fsp3) is 0.474. The number of amides is 1. The van der Waals surface area contributed by atoms with E-state index < -0.39 is 0 Å². The van der Waals surface area contributed by atoms with E-state index in [-0.39, 0.29) is 12.5 Å². The molecule has 0 atom stereocenters. The molecule has 25 heavy (non-hydrogen) atoms. The van der Waals surface area contributed by atoms with Gasteiger partial charge in [0.1, 0.15) is 5.76 Å². The van der Waals surface area contributed by atoms with Crippen molar-refractivity contribution in [3.8, 4) is 11.5 Å². The van der Waals surface area contributed by atoms with Crippen LogP contribution in [0.2, 0.25) is 0 Å². The van der Waals surface area contributed by atoms with Crippen LogP contribution in [0.25, 0.3) is 0 Å². The summed E-state index contributed by atoms with van der Waals surface area (Å²) in [4.78, 5) is 16.6. The first-order valence-electron chi connectivity index (χ1n) is 8.42. The molecule has 2 rings (SSSR count). The Hall–Kier alpha value is -2.50. The highest BCUT2D eigenvalue weighted by atomic mass is 16.5. The van der Waals surface area contributed by atoms with Crippen LogP contribution in [0.5, 0.6) is 11.5 Å². The third kappa shape index (κ3) is 5.24. The van der Waals surface area contributed by atoms with Crippen molar-refractivity contribution in [1.29, 1.82) is 0 Å². The lowest BCUT2D eigenvalue weighted by molar-refractivity contribution is 0.0946. The lowest BCUT2D eigenvalue weighted by atomic mass is 10.1. The minimum Gasteiger partial charge on any atom is -0.493 e. The van der Waals surface area contributed by atoms with Crippen LogP contribution >= 0.6 is 0 Å². The van der Waals surface area contributed by atoms with Gasteiger partial charge in [0.2, 0.25) is 5.89 Å². The Kier molecular flexibility index (Phi) is 6.44. The predicted molar refractivity (Wildman–Crippen MR) is 95.1 cm³/mol. The summed E-state index contributed by atoms with van der Waals surface area (Å²) in [6.07, 6.45) is 0.959. The first-order valence-corrected chi connectivity index (χ1v) is 8.42. The number of nitrogens with zero attached hydrogens (tertiary/aromatic N) is 1. The molecule has 0 saturated heterocycles. The molecule has 0 spiro atoms. The third-order valence-corrected chi connectivity index (χ3v) is 3.85. The second-order valence-electron chi connectivity index (χ2n) is 6.33. The second-order valence-corrected chi connectivity index (χ2v) is 6.33. The molecular formula is C19H26N2O4. The molecule has 0 fully saturated rings. The van der Waals surface area contributed by atoms with Crippen molar-refractivity contribution in [2.45, 2.75) is 40.7 Å². The van der Waals surface area contributed by atoms with Crippen LogP contribution in [-0.2, 0) is 6.54 Å². The van der Waals surface area contributed by atoms with Crippen molar-refractivity contribution in [2.24, 2.45) is 5.92 Å². The summed E-state index contributed by atoms with van der Waals surface area (Å²) < 4.78 is 16.5. The maximum atomic E-state index is 12.3. The maximum absolute atomic E-state index is 12.3. The number of rotatable bonds is 8. The van der Waals surface area contributed by atoms with E-state index in [2.05, 4.69) is 24.1 Å². The Morgan fingerprint density at radius 2 is 2.04 bits per heavy atom. The summed E-state index contributed by atoms with van der Waals surface area (Å²) in [5.74, 6) is 2.77. The molecule has 0 aliphatic rings. The zero-order valence-corrected chi connectivity index (χ0v) is 15.5. The highest BCUT2D eigenvalue weighted by Crippen LogP contribution is 2.28. The summed E-state index contributed by atoms with van der Waals surface area (Å²) in [7, 11) is 1.56. The zero-order valence-electron chi connectivity index (χ0n) is 15.5. The quantitative estimate of drug-likeness (QED) is 0.790. The normalized spacial score (nSPS) is 10.8. The van der Waals surface area contributed by atoms with Crippen molar-refractivity contribution in [3.05, 3.63) is 41.1 Å². The lowest BCUT2D eigenvalue weighted by Gasteiger charge is -2.13. The Morgan fingerprint density at radius 3 is 2.64 bits per heavy atom. The number of aromatic nitrogens is 1. The van der Waals surface area contributed by atoms with Gasteiger partial charge in [-0.1, -0.05) is 13.8 Å². The van der Waals surface area contributed by atoms with Gasteiger partial charge in [0.05, 0.1) is 26.0 Å². The molecule has 136 valence electrons. The Bertz CT molecular complexity index is 703. The van der Waals surface area contributed by atoms with Gasteiger partial charge in [0.25, 0.3) is 5.91 Å². The standard InChI is InChI=1S/C19H26N2O4/c1-12(2)8-9-24-16-7-6-15(10-17(16)23-5)19(22)20-11-18-21-13(3)14(4)25-18/h6-7,10,12H,8-9,11H2,1-5H3,(H,20,22). The van der Waals surface area contributed by atoms with E-state index in [0.29, 0.717) is 35.5 Å². The molecule has 1 heterocycles. The van der Waals surface area contributed by atoms with E-state index in [1.807, 2.05) is 13.8 Å². The Labute approximate surface area is 148 Å². The van der Waals surface area contributed by atoms with Gasteiger partial charge in [-0.05, 0) is 44.4 Å². The molecule has 1 amide bonds. The minimum atomic E-state index is -0.222. The fourth-order valence-electron chi connectivity index (χ4n) is 2.21. The van der Waals surface area contributed by atoms with Gasteiger partial charge >= 0.3 is 0 Å². The SMILES string of the molecule is COc1cc(C(=O)NCc2nc(C)c(C)o2)ccc1OCCC(C)C. The van der Waals surface area contributed by atoms with Crippen LogP contribution in [0.1, 0.15) is 48.0 Å². The van der Waals surface area contributed by atoms with Crippen LogP contribution < -0.4 is 14.8 Å². The molecule has 2 aromatic rings. The largest absolute Gasteiger partial charge is 0.493 e. The van der Waals surface area contributed by atoms with E-state index in [0.717, 1.165) is 17.9 Å². The van der Waals surface area contributed by atoms with Gasteiger partial charge in [0.15, 0.2) is 11.5 Å². The number of hydrogen-bond acceptors (Lipinski definition) is 5. The molecule has 0 radical (unpaired) electrons. The monoisotopic (exact) mass is 346 g/mol. The number of aryl methyl sites for hydroxylation is 2. The van der Waals surface area contributed by atoms with Gasteiger partial charge in [0, 0.05) is 5.56 Å². The molecule has 0 bridgehead atoms. The minimum absolute atomic E-state index is 0.222. The summed E-state index contributed by atoms with van der Waals surface area (Å²) in [5.41, 5.74) is 1.32. The number of oxazole rings is 1. The highest BCUT2D eigenvalue weighted by molar-refractivity contribution is 5.94. The molecule has 0 saturated carbocycles. The van der Waals surface area contributed by atoms with Crippen LogP contribution in [0.4, 0.5) is 0 Å². The van der Waals surface area contributed by atoms with Crippen molar-refractivity contribution in [1.82, 2.24) is 10.3 Å². The Morgan fingerprint density at radius 1 is 1.28 bits per heavy atom. The maximum Gasteiger partial charge on any atom is 0.251 e. The van der Waals surface area contributed by atoms with E-state index in [4.69, 9.17) is 13.9 Å². The number of carbonyl (C=O) groups is 1. The first-order chi connectivity index (χ1) is 11.9. The van der Waals surface area contributed by atoms with Crippen molar-refractivity contribution in [3.63, 3.8) is 0 Å². The van der Waals surface area contributed by atoms with E-state index in [1.54, 1.807) is 25.3 Å². The molecular weight excluding hydrogens is 320 g/mol. The number of methoxy groups -OCH3 is 1. The average molecular weight is 346 g/mol. The van der Waals surface area contributed by atoms with Gasteiger partial charge in [-0.25, -0.2) is 4.98 Å². The van der Waals surface area contributed by atoms with Crippen molar-refractivity contribution in [2.75, 3.05) is 13.7 Å². The van der Waals surface area contributed by atoms with Crippen LogP contribution in [0.3, 0.4) is 0 Å². The highest BCUT2D eigenvalue weighted by Gasteiger charge is 2.13. The van der Waals surface area contributed by atoms with E-state index >= 15 is 0 Å². The first kappa shape index (κ1) is 18.8. The van der Waals surface area contributed by atoms with Crippen LogP contribution in [0.15, 0.2) is 22.6 Å². The Balaban J connectivity index is 1.99. The summed E-state index contributed by atoms with van der Waals surface area (Å²) >= 11 is 0. The number of ether oxygens (including phenoxy) is 2. The van der Waals surface area contributed by atoms with Gasteiger partial charge in [-0.3, -0.25) is 4.79 Å². The van der Waals surface area contributed by atoms with E-state index in [1.165, 1.54) is 0 Å². The molecule has 6 heteroatoms. The molecule has 0 aliphatic carbocycles. The van der Waals surface area contributed by atoms with Gasteiger partial charge in [-0.15, -0.1) is 0 Å². The van der Waals surface area contributed by atoms with E-state index in [9.17, 15) is 4.79 Å². The van der Waals surface area contributed by atoms with Crippen molar-refractivity contribution >= 4 is 5.91 Å². The molecule has 1 aromatic heterocycles. The molecule has 0 aliphatic heterocycles. The van der Waals surface area contributed by atoms with Crippen LogP contribution in [0, 0.1) is 19.8 Å². The molecule has 1 N–H and O–H groups in total. The van der Waals surface area contributed by atoms with Crippen LogP contribution in [-0.4, -0.2) is 24.6 Å². The topological polar surface area (TPSA) is 73.6 Å². The number of benzene rings is 1. The zero-order chi connectivity index (χ0) is 18.4. The molecule has 0 unspecified atom stereocenters. The van der Waals surface area contributed by atoms with Gasteiger partial charge < -0.3 is 19.2 Å². The number of nitrogens with one attached hydrogen (secondary N) is 1. The second kappa shape index (κ2) is 8.55. The average Bonchev–Trinajstić information content (AvgIpc) is 2.90. The number of carbonyl (C=O) groups excluding carboxylic acids is 1. The smallest absolute Gasteiger partial charge is 0.251 e. The molecule has 6 nitrogen and oxygen atoms in total. The summed E-state index contributed by atoms with van der Waals surface area (Å²) in [6.45, 7) is 8.85. The molecule has 1 aromatic carbocycles. The summed E-state index contributed by atoms with van der Waals surface area (Å²) in [5, 5.41) is 2.79. The van der Waals surface area contributed by atoms with Crippen molar-refractivity contribution < 1.29 is 18.7 Å². The predicted octanol–water partition coefficient (Wildman–Crippen LogP) is 3.65. The number of hydrogen-bond donors (Lipinski definition) is 1. The van der Waals surface area contributed by atoms with Gasteiger partial charge in [-0.2, -0.15) is 0 Å². The fourth-order valence-corrected chi connectivity index (χ4v) is 2.21. The lowest BCUT2D eigenvalue weighted by Crippen LogP contribution is -2.23. The summed E-state index contributed by atoms with van der Waals surface area (Å²) in [6, 6.07) is 5.15.